The molecule has 20 heavy (non-hydrogen) atoms. The summed E-state index contributed by atoms with van der Waals surface area (Å²) < 4.78 is 18.2. The quantitative estimate of drug-likeness (QED) is 0.731. The van der Waals surface area contributed by atoms with E-state index < -0.39 is 0 Å². The summed E-state index contributed by atoms with van der Waals surface area (Å²) in [5.74, 6) is 0.480. The number of hydrogen-bond acceptors (Lipinski definition) is 3. The summed E-state index contributed by atoms with van der Waals surface area (Å²) in [6, 6.07) is 5.92. The molecule has 112 valence electrons. The van der Waals surface area contributed by atoms with E-state index in [1.54, 1.807) is 17.0 Å². The van der Waals surface area contributed by atoms with Crippen molar-refractivity contribution in [1.29, 1.82) is 0 Å². The predicted molar refractivity (Wildman–Crippen MR) is 77.3 cm³/mol. The Kier molecular flexibility index (Phi) is 7.01. The molecule has 1 aromatic rings. The maximum atomic E-state index is 12.7. The lowest BCUT2D eigenvalue weighted by Gasteiger charge is -2.23. The molecule has 4 nitrogen and oxygen atoms in total. The normalized spacial score (nSPS) is 10.7. The Morgan fingerprint density at radius 2 is 1.80 bits per heavy atom. The fourth-order valence-electron chi connectivity index (χ4n) is 1.84. The van der Waals surface area contributed by atoms with Crippen LogP contribution in [0.25, 0.3) is 0 Å². The molecule has 0 bridgehead atoms. The van der Waals surface area contributed by atoms with Crippen molar-refractivity contribution in [3.8, 4) is 5.75 Å². The monoisotopic (exact) mass is 282 g/mol. The van der Waals surface area contributed by atoms with E-state index in [9.17, 15) is 9.18 Å². The average molecular weight is 282 g/mol. The number of ether oxygens (including phenoxy) is 1. The number of halogens is 1. The van der Waals surface area contributed by atoms with Crippen molar-refractivity contribution in [2.24, 2.45) is 0 Å². The van der Waals surface area contributed by atoms with E-state index in [0.29, 0.717) is 25.4 Å². The third-order valence-electron chi connectivity index (χ3n) is 3.08. The first kappa shape index (κ1) is 16.4. The second-order valence-electron chi connectivity index (χ2n) is 4.61. The van der Waals surface area contributed by atoms with Gasteiger partial charge in [-0.2, -0.15) is 0 Å². The molecule has 0 saturated carbocycles. The van der Waals surface area contributed by atoms with E-state index >= 15 is 0 Å². The maximum Gasteiger partial charge on any atom is 0.236 e. The number of carbonyl (C=O) groups is 1. The zero-order valence-electron chi connectivity index (χ0n) is 12.4. The van der Waals surface area contributed by atoms with Gasteiger partial charge in [-0.1, -0.05) is 0 Å². The average Bonchev–Trinajstić information content (AvgIpc) is 2.42. The Balaban J connectivity index is 2.27. The number of likely N-dealkylation sites (N-methyl/N-ethyl adjacent to an activating group) is 2. The van der Waals surface area contributed by atoms with Crippen molar-refractivity contribution in [1.82, 2.24) is 9.80 Å². The molecule has 0 saturated heterocycles. The van der Waals surface area contributed by atoms with Gasteiger partial charge in [0.15, 0.2) is 0 Å². The van der Waals surface area contributed by atoms with Gasteiger partial charge in [0.05, 0.1) is 6.54 Å². The minimum absolute atomic E-state index is 0.124. The minimum atomic E-state index is -0.278. The molecular weight excluding hydrogens is 259 g/mol. The molecule has 0 heterocycles. The summed E-state index contributed by atoms with van der Waals surface area (Å²) in [5.41, 5.74) is 0. The summed E-state index contributed by atoms with van der Waals surface area (Å²) >= 11 is 0. The highest BCUT2D eigenvalue weighted by atomic mass is 19.1. The van der Waals surface area contributed by atoms with Crippen LogP contribution in [0.1, 0.15) is 13.8 Å². The van der Waals surface area contributed by atoms with E-state index in [-0.39, 0.29) is 11.7 Å². The lowest BCUT2D eigenvalue weighted by atomic mass is 10.3. The van der Waals surface area contributed by atoms with Crippen LogP contribution < -0.4 is 4.74 Å². The van der Waals surface area contributed by atoms with E-state index in [2.05, 4.69) is 0 Å². The SMILES string of the molecule is CCN(CC)C(=O)CN(C)CCOc1ccc(F)cc1. The number of amides is 1. The highest BCUT2D eigenvalue weighted by Gasteiger charge is 2.12. The molecule has 0 N–H and O–H groups in total. The molecule has 0 fully saturated rings. The Hall–Kier alpha value is -1.62. The van der Waals surface area contributed by atoms with Gasteiger partial charge in [-0.25, -0.2) is 4.39 Å². The van der Waals surface area contributed by atoms with Gasteiger partial charge in [0.2, 0.25) is 5.91 Å². The van der Waals surface area contributed by atoms with Gasteiger partial charge in [0, 0.05) is 19.6 Å². The molecule has 0 radical (unpaired) electrons. The molecule has 0 spiro atoms. The van der Waals surface area contributed by atoms with Crippen LogP contribution in [0.2, 0.25) is 0 Å². The van der Waals surface area contributed by atoms with Crippen molar-refractivity contribution < 1.29 is 13.9 Å². The summed E-state index contributed by atoms with van der Waals surface area (Å²) in [6.07, 6.45) is 0. The summed E-state index contributed by atoms with van der Waals surface area (Å²) in [4.78, 5) is 15.6. The van der Waals surface area contributed by atoms with E-state index in [0.717, 1.165) is 13.1 Å². The molecule has 1 amide bonds. The topological polar surface area (TPSA) is 32.8 Å². The van der Waals surface area contributed by atoms with Crippen LogP contribution in [0.5, 0.6) is 5.75 Å². The molecule has 0 aromatic heterocycles. The second kappa shape index (κ2) is 8.53. The fraction of sp³-hybridized carbons (Fsp3) is 0.533. The summed E-state index contributed by atoms with van der Waals surface area (Å²) in [5, 5.41) is 0. The Morgan fingerprint density at radius 1 is 1.20 bits per heavy atom. The first-order valence-electron chi connectivity index (χ1n) is 6.91. The molecule has 5 heteroatoms. The maximum absolute atomic E-state index is 12.7. The van der Waals surface area contributed by atoms with E-state index in [4.69, 9.17) is 4.74 Å². The van der Waals surface area contributed by atoms with Gasteiger partial charge >= 0.3 is 0 Å². The largest absolute Gasteiger partial charge is 0.492 e. The number of nitrogens with zero attached hydrogens (tertiary/aromatic N) is 2. The van der Waals surface area contributed by atoms with Crippen LogP contribution in [-0.2, 0) is 4.79 Å². The number of rotatable bonds is 8. The van der Waals surface area contributed by atoms with Crippen LogP contribution in [0.15, 0.2) is 24.3 Å². The Bertz CT molecular complexity index is 405. The molecule has 1 aromatic carbocycles. The van der Waals surface area contributed by atoms with Crippen molar-refractivity contribution in [3.05, 3.63) is 30.1 Å². The van der Waals surface area contributed by atoms with Gasteiger partial charge in [0.1, 0.15) is 18.2 Å². The van der Waals surface area contributed by atoms with Gasteiger partial charge in [-0.15, -0.1) is 0 Å². The van der Waals surface area contributed by atoms with E-state index in [1.165, 1.54) is 12.1 Å². The predicted octanol–water partition coefficient (Wildman–Crippen LogP) is 2.00. The first-order chi connectivity index (χ1) is 9.56. The minimum Gasteiger partial charge on any atom is -0.492 e. The van der Waals surface area contributed by atoms with Crippen LogP contribution in [0.3, 0.4) is 0 Å². The zero-order chi connectivity index (χ0) is 15.0. The number of carbonyl (C=O) groups excluding carboxylic acids is 1. The highest BCUT2D eigenvalue weighted by molar-refractivity contribution is 5.78. The highest BCUT2D eigenvalue weighted by Crippen LogP contribution is 2.10. The number of hydrogen-bond donors (Lipinski definition) is 0. The van der Waals surface area contributed by atoms with Gasteiger partial charge < -0.3 is 9.64 Å². The molecule has 0 atom stereocenters. The Morgan fingerprint density at radius 3 is 2.35 bits per heavy atom. The lowest BCUT2D eigenvalue weighted by molar-refractivity contribution is -0.131. The van der Waals surface area contributed by atoms with Crippen LogP contribution >= 0.6 is 0 Å². The molecular formula is C15H23FN2O2. The third-order valence-corrected chi connectivity index (χ3v) is 3.08. The molecule has 1 rings (SSSR count). The van der Waals surface area contributed by atoms with Gasteiger partial charge in [-0.3, -0.25) is 9.69 Å². The first-order valence-corrected chi connectivity index (χ1v) is 6.91. The fourth-order valence-corrected chi connectivity index (χ4v) is 1.84. The smallest absolute Gasteiger partial charge is 0.236 e. The molecule has 0 aliphatic carbocycles. The van der Waals surface area contributed by atoms with Gasteiger partial charge in [0.25, 0.3) is 0 Å². The van der Waals surface area contributed by atoms with Gasteiger partial charge in [-0.05, 0) is 45.2 Å². The van der Waals surface area contributed by atoms with Crippen molar-refractivity contribution in [2.45, 2.75) is 13.8 Å². The van der Waals surface area contributed by atoms with Crippen LogP contribution in [-0.4, -0.2) is 55.5 Å². The number of benzene rings is 1. The molecule has 0 aliphatic heterocycles. The van der Waals surface area contributed by atoms with Crippen molar-refractivity contribution in [2.75, 3.05) is 39.8 Å². The molecule has 0 unspecified atom stereocenters. The lowest BCUT2D eigenvalue weighted by Crippen LogP contribution is -2.39. The van der Waals surface area contributed by atoms with Crippen LogP contribution in [0, 0.1) is 5.82 Å². The van der Waals surface area contributed by atoms with Crippen molar-refractivity contribution in [3.63, 3.8) is 0 Å². The van der Waals surface area contributed by atoms with Crippen molar-refractivity contribution >= 4 is 5.91 Å². The summed E-state index contributed by atoms with van der Waals surface area (Å²) in [7, 11) is 1.88. The zero-order valence-corrected chi connectivity index (χ0v) is 12.4. The van der Waals surface area contributed by atoms with E-state index in [1.807, 2.05) is 25.8 Å². The second-order valence-corrected chi connectivity index (χ2v) is 4.61. The summed E-state index contributed by atoms with van der Waals surface area (Å²) in [6.45, 7) is 6.90. The Labute approximate surface area is 120 Å². The third kappa shape index (κ3) is 5.57. The van der Waals surface area contributed by atoms with Crippen LogP contribution in [0.4, 0.5) is 4.39 Å². The molecule has 0 aliphatic rings. The standard InChI is InChI=1S/C15H23FN2O2/c1-4-18(5-2)15(19)12-17(3)10-11-20-14-8-6-13(16)7-9-14/h6-9H,4-5,10-12H2,1-3H3.